The van der Waals surface area contributed by atoms with Gasteiger partial charge in [-0.15, -0.1) is 0 Å². The maximum atomic E-state index is 11.6. The first-order chi connectivity index (χ1) is 7.24. The van der Waals surface area contributed by atoms with E-state index in [-0.39, 0.29) is 18.0 Å². The zero-order valence-corrected chi connectivity index (χ0v) is 10.0. The second-order valence-corrected chi connectivity index (χ2v) is 4.77. The first-order valence-corrected chi connectivity index (χ1v) is 6.76. The van der Waals surface area contributed by atoms with Crippen LogP contribution in [0.25, 0.3) is 0 Å². The number of rotatable bonds is 5. The number of carbonyl (C=O) groups excluding carboxylic acids is 1. The van der Waals surface area contributed by atoms with E-state index in [4.69, 9.17) is 10.5 Å². The quantitative estimate of drug-likeness (QED) is 0.718. The van der Waals surface area contributed by atoms with Gasteiger partial charge in [-0.2, -0.15) is 11.8 Å². The Labute approximate surface area is 95.3 Å². The highest BCUT2D eigenvalue weighted by Gasteiger charge is 2.19. The Kier molecular flexibility index (Phi) is 6.05. The summed E-state index contributed by atoms with van der Waals surface area (Å²) < 4.78 is 5.22. The van der Waals surface area contributed by atoms with Crippen LogP contribution in [-0.4, -0.2) is 43.2 Å². The van der Waals surface area contributed by atoms with E-state index in [1.54, 1.807) is 11.8 Å². The van der Waals surface area contributed by atoms with Crippen LogP contribution in [0.3, 0.4) is 0 Å². The van der Waals surface area contributed by atoms with Gasteiger partial charge in [0.05, 0.1) is 6.04 Å². The summed E-state index contributed by atoms with van der Waals surface area (Å²) in [5.41, 5.74) is 5.76. The molecule has 0 aromatic rings. The van der Waals surface area contributed by atoms with Crippen molar-refractivity contribution in [3.8, 4) is 0 Å². The highest BCUT2D eigenvalue weighted by Crippen LogP contribution is 2.07. The molecule has 1 heterocycles. The molecule has 88 valence electrons. The van der Waals surface area contributed by atoms with Crippen LogP contribution in [0.15, 0.2) is 0 Å². The van der Waals surface area contributed by atoms with Crippen molar-refractivity contribution in [2.45, 2.75) is 31.3 Å². The Balaban J connectivity index is 2.20. The summed E-state index contributed by atoms with van der Waals surface area (Å²) in [6, 6.07) is -0.105. The van der Waals surface area contributed by atoms with Crippen LogP contribution < -0.4 is 11.1 Å². The lowest BCUT2D eigenvalue weighted by molar-refractivity contribution is -0.123. The van der Waals surface area contributed by atoms with Crippen LogP contribution in [0.4, 0.5) is 0 Å². The molecule has 0 aliphatic carbocycles. The lowest BCUT2D eigenvalue weighted by Gasteiger charge is -2.24. The van der Waals surface area contributed by atoms with Crippen LogP contribution >= 0.6 is 11.8 Å². The summed E-state index contributed by atoms with van der Waals surface area (Å²) in [7, 11) is 0. The second kappa shape index (κ2) is 7.09. The number of ether oxygens (including phenoxy) is 1. The molecule has 1 fully saturated rings. The SMILES string of the molecule is CSCC[C@@H](N)C(=O)NC1CCOCC1. The van der Waals surface area contributed by atoms with Gasteiger partial charge in [0.1, 0.15) is 0 Å². The molecular weight excluding hydrogens is 212 g/mol. The van der Waals surface area contributed by atoms with Gasteiger partial charge in [-0.25, -0.2) is 0 Å². The molecule has 0 spiro atoms. The molecule has 1 rings (SSSR count). The highest BCUT2D eigenvalue weighted by molar-refractivity contribution is 7.98. The standard InChI is InChI=1S/C10H20N2O2S/c1-15-7-4-9(11)10(13)12-8-2-5-14-6-3-8/h8-9H,2-7,11H2,1H3,(H,12,13)/t9-/m1/s1. The van der Waals surface area contributed by atoms with Gasteiger partial charge in [0, 0.05) is 19.3 Å². The van der Waals surface area contributed by atoms with Gasteiger partial charge in [0.2, 0.25) is 5.91 Å². The fraction of sp³-hybridized carbons (Fsp3) is 0.900. The lowest BCUT2D eigenvalue weighted by Crippen LogP contribution is -2.47. The molecule has 1 aliphatic rings. The molecule has 0 aromatic heterocycles. The Morgan fingerprint density at radius 3 is 2.87 bits per heavy atom. The largest absolute Gasteiger partial charge is 0.381 e. The van der Waals surface area contributed by atoms with Crippen molar-refractivity contribution in [2.24, 2.45) is 5.73 Å². The minimum Gasteiger partial charge on any atom is -0.381 e. The van der Waals surface area contributed by atoms with Crippen LogP contribution in [-0.2, 0) is 9.53 Å². The average molecular weight is 232 g/mol. The van der Waals surface area contributed by atoms with Crippen molar-refractivity contribution in [3.05, 3.63) is 0 Å². The van der Waals surface area contributed by atoms with Gasteiger partial charge >= 0.3 is 0 Å². The molecule has 1 aliphatic heterocycles. The Morgan fingerprint density at radius 2 is 2.27 bits per heavy atom. The smallest absolute Gasteiger partial charge is 0.237 e. The Morgan fingerprint density at radius 1 is 1.60 bits per heavy atom. The topological polar surface area (TPSA) is 64.4 Å². The van der Waals surface area contributed by atoms with Crippen LogP contribution in [0.2, 0.25) is 0 Å². The van der Waals surface area contributed by atoms with E-state index in [1.165, 1.54) is 0 Å². The van der Waals surface area contributed by atoms with Gasteiger partial charge in [0.25, 0.3) is 0 Å². The third kappa shape index (κ3) is 4.86. The van der Waals surface area contributed by atoms with Crippen molar-refractivity contribution in [3.63, 3.8) is 0 Å². The molecule has 0 unspecified atom stereocenters. The van der Waals surface area contributed by atoms with E-state index >= 15 is 0 Å². The molecule has 0 saturated carbocycles. The van der Waals surface area contributed by atoms with Crippen LogP contribution in [0, 0.1) is 0 Å². The number of thioether (sulfide) groups is 1. The molecule has 0 aromatic carbocycles. The summed E-state index contributed by atoms with van der Waals surface area (Å²) in [6.45, 7) is 1.48. The summed E-state index contributed by atoms with van der Waals surface area (Å²) >= 11 is 1.71. The van der Waals surface area contributed by atoms with Gasteiger partial charge < -0.3 is 15.8 Å². The summed E-state index contributed by atoms with van der Waals surface area (Å²) in [5, 5.41) is 2.97. The van der Waals surface area contributed by atoms with Gasteiger partial charge in [-0.05, 0) is 31.3 Å². The minimum atomic E-state index is -0.361. The molecular formula is C10H20N2O2S. The van der Waals surface area contributed by atoms with Gasteiger partial charge in [0.15, 0.2) is 0 Å². The van der Waals surface area contributed by atoms with Crippen molar-refractivity contribution in [2.75, 3.05) is 25.2 Å². The number of amides is 1. The summed E-state index contributed by atoms with van der Waals surface area (Å²) in [5.74, 6) is 0.915. The fourth-order valence-corrected chi connectivity index (χ4v) is 2.02. The molecule has 15 heavy (non-hydrogen) atoms. The normalized spacial score (nSPS) is 19.9. The third-order valence-electron chi connectivity index (χ3n) is 2.54. The molecule has 0 bridgehead atoms. The predicted molar refractivity (Wildman–Crippen MR) is 63.0 cm³/mol. The van der Waals surface area contributed by atoms with E-state index in [1.807, 2.05) is 6.26 Å². The summed E-state index contributed by atoms with van der Waals surface area (Å²) in [4.78, 5) is 11.6. The average Bonchev–Trinajstić information content (AvgIpc) is 2.27. The fourth-order valence-electron chi connectivity index (χ4n) is 1.53. The molecule has 5 heteroatoms. The monoisotopic (exact) mass is 232 g/mol. The van der Waals surface area contributed by atoms with E-state index in [0.29, 0.717) is 0 Å². The van der Waals surface area contributed by atoms with Gasteiger partial charge in [-0.1, -0.05) is 0 Å². The minimum absolute atomic E-state index is 0.0176. The van der Waals surface area contributed by atoms with E-state index < -0.39 is 0 Å². The number of hydrogen-bond acceptors (Lipinski definition) is 4. The number of nitrogens with two attached hydrogens (primary N) is 1. The van der Waals surface area contributed by atoms with Crippen molar-refractivity contribution >= 4 is 17.7 Å². The third-order valence-corrected chi connectivity index (χ3v) is 3.18. The number of hydrogen-bond donors (Lipinski definition) is 2. The molecule has 1 atom stereocenters. The lowest BCUT2D eigenvalue weighted by atomic mass is 10.1. The van der Waals surface area contributed by atoms with Gasteiger partial charge in [-0.3, -0.25) is 4.79 Å². The molecule has 1 saturated heterocycles. The van der Waals surface area contributed by atoms with Crippen molar-refractivity contribution in [1.82, 2.24) is 5.32 Å². The molecule has 3 N–H and O–H groups in total. The summed E-state index contributed by atoms with van der Waals surface area (Å²) in [6.07, 6.45) is 4.57. The zero-order chi connectivity index (χ0) is 11.1. The Bertz CT molecular complexity index is 196. The van der Waals surface area contributed by atoms with E-state index in [9.17, 15) is 4.79 Å². The van der Waals surface area contributed by atoms with Crippen molar-refractivity contribution < 1.29 is 9.53 Å². The zero-order valence-electron chi connectivity index (χ0n) is 9.20. The maximum Gasteiger partial charge on any atom is 0.237 e. The van der Waals surface area contributed by atoms with E-state index in [0.717, 1.165) is 38.2 Å². The first kappa shape index (κ1) is 12.8. The second-order valence-electron chi connectivity index (χ2n) is 3.78. The number of carbonyl (C=O) groups is 1. The van der Waals surface area contributed by atoms with Crippen LogP contribution in [0.1, 0.15) is 19.3 Å². The Hall–Kier alpha value is -0.260. The van der Waals surface area contributed by atoms with E-state index in [2.05, 4.69) is 5.32 Å². The maximum absolute atomic E-state index is 11.6. The molecule has 4 nitrogen and oxygen atoms in total. The molecule has 1 amide bonds. The number of nitrogens with one attached hydrogen (secondary N) is 1. The highest BCUT2D eigenvalue weighted by atomic mass is 32.2. The van der Waals surface area contributed by atoms with Crippen molar-refractivity contribution in [1.29, 1.82) is 0 Å². The first-order valence-electron chi connectivity index (χ1n) is 5.36. The van der Waals surface area contributed by atoms with Crippen LogP contribution in [0.5, 0.6) is 0 Å². The predicted octanol–water partition coefficient (Wildman–Crippen LogP) is 0.362. The molecule has 0 radical (unpaired) electrons.